The van der Waals surface area contributed by atoms with E-state index < -0.39 is 24.0 Å². The smallest absolute Gasteiger partial charge is 0.172 e. The monoisotopic (exact) mass is 373 g/mol. The van der Waals surface area contributed by atoms with Gasteiger partial charge in [-0.25, -0.2) is 0 Å². The first-order chi connectivity index (χ1) is 12.0. The number of ketones is 1. The zero-order valence-electron chi connectivity index (χ0n) is 15.9. The highest BCUT2D eigenvalue weighted by molar-refractivity contribution is 7.81. The molecule has 4 nitrogen and oxygen atoms in total. The Balaban J connectivity index is 3.55. The molecule has 0 saturated heterocycles. The van der Waals surface area contributed by atoms with Gasteiger partial charge in [-0.15, -0.1) is 0 Å². The maximum atomic E-state index is 11.3. The standard InChI is InChI=1S/C20H39NO3S/c1-2-3-4-5-6-7-8-9-10-11-12-13-14-15-17(22)19(21)20(24)18(23)16-25/h14-15,17,19-20,22,24-25H,2-13,16,21H2,1H3/b15-14+/t17-,19-,20?/m1/s1. The molecule has 0 saturated carbocycles. The van der Waals surface area contributed by atoms with Gasteiger partial charge in [0.25, 0.3) is 0 Å². The minimum atomic E-state index is -1.36. The molecule has 0 fully saturated rings. The van der Waals surface area contributed by atoms with Crippen LogP contribution in [0.15, 0.2) is 12.2 Å². The molecule has 25 heavy (non-hydrogen) atoms. The lowest BCUT2D eigenvalue weighted by molar-refractivity contribution is -0.126. The van der Waals surface area contributed by atoms with Crippen molar-refractivity contribution in [1.82, 2.24) is 0 Å². The van der Waals surface area contributed by atoms with E-state index in [4.69, 9.17) is 5.73 Å². The summed E-state index contributed by atoms with van der Waals surface area (Å²) in [6.07, 6.45) is 16.4. The number of aliphatic hydroxyl groups is 2. The van der Waals surface area contributed by atoms with Crippen molar-refractivity contribution in [3.63, 3.8) is 0 Å². The van der Waals surface area contributed by atoms with Gasteiger partial charge in [0.2, 0.25) is 0 Å². The van der Waals surface area contributed by atoms with Gasteiger partial charge in [0.05, 0.1) is 17.9 Å². The third-order valence-electron chi connectivity index (χ3n) is 4.55. The van der Waals surface area contributed by atoms with Crippen molar-refractivity contribution in [3.05, 3.63) is 12.2 Å². The van der Waals surface area contributed by atoms with Gasteiger partial charge in [0.15, 0.2) is 5.78 Å². The van der Waals surface area contributed by atoms with Crippen LogP contribution in [0.1, 0.15) is 84.0 Å². The van der Waals surface area contributed by atoms with E-state index in [0.717, 1.165) is 12.8 Å². The number of carbonyl (C=O) groups excluding carboxylic acids is 1. The number of allylic oxidation sites excluding steroid dienone is 1. The van der Waals surface area contributed by atoms with E-state index in [1.807, 2.05) is 6.08 Å². The molecule has 0 aliphatic heterocycles. The van der Waals surface area contributed by atoms with E-state index in [9.17, 15) is 15.0 Å². The fourth-order valence-corrected chi connectivity index (χ4v) is 2.97. The Kier molecular flexibility index (Phi) is 16.8. The first-order valence-electron chi connectivity index (χ1n) is 9.96. The van der Waals surface area contributed by atoms with Gasteiger partial charge in [-0.05, 0) is 12.8 Å². The average Bonchev–Trinajstić information content (AvgIpc) is 2.63. The van der Waals surface area contributed by atoms with E-state index in [0.29, 0.717) is 0 Å². The van der Waals surface area contributed by atoms with Crippen LogP contribution in [0.2, 0.25) is 0 Å². The second-order valence-corrected chi connectivity index (χ2v) is 7.21. The van der Waals surface area contributed by atoms with Gasteiger partial charge in [-0.1, -0.05) is 83.3 Å². The van der Waals surface area contributed by atoms with Crippen molar-refractivity contribution in [2.45, 2.75) is 102 Å². The Morgan fingerprint density at radius 1 is 0.960 bits per heavy atom. The molecule has 0 aliphatic rings. The third-order valence-corrected chi connectivity index (χ3v) is 4.86. The number of thiol groups is 1. The van der Waals surface area contributed by atoms with Gasteiger partial charge in [0.1, 0.15) is 6.10 Å². The van der Waals surface area contributed by atoms with Gasteiger partial charge in [0, 0.05) is 0 Å². The van der Waals surface area contributed by atoms with Gasteiger partial charge >= 0.3 is 0 Å². The lowest BCUT2D eigenvalue weighted by Crippen LogP contribution is -2.48. The normalized spacial score (nSPS) is 15.4. The molecule has 0 rings (SSSR count). The SMILES string of the molecule is CCCCCCCCCCCCC/C=C/[C@@H](O)[C@@H](N)C(O)C(=O)CS. The second-order valence-electron chi connectivity index (χ2n) is 6.89. The highest BCUT2D eigenvalue weighted by Gasteiger charge is 2.26. The summed E-state index contributed by atoms with van der Waals surface area (Å²) < 4.78 is 0. The maximum absolute atomic E-state index is 11.3. The summed E-state index contributed by atoms with van der Waals surface area (Å²) in [5.74, 6) is -0.544. The number of hydrogen-bond acceptors (Lipinski definition) is 5. The van der Waals surface area contributed by atoms with Crippen LogP contribution in [-0.4, -0.2) is 40.0 Å². The van der Waals surface area contributed by atoms with Crippen LogP contribution in [0.4, 0.5) is 0 Å². The van der Waals surface area contributed by atoms with Crippen molar-refractivity contribution >= 4 is 18.4 Å². The summed E-state index contributed by atoms with van der Waals surface area (Å²) in [5, 5.41) is 19.5. The highest BCUT2D eigenvalue weighted by atomic mass is 32.1. The molecule has 0 bridgehead atoms. The van der Waals surface area contributed by atoms with Crippen molar-refractivity contribution in [3.8, 4) is 0 Å². The van der Waals surface area contributed by atoms with E-state index >= 15 is 0 Å². The van der Waals surface area contributed by atoms with Crippen LogP contribution in [0.5, 0.6) is 0 Å². The highest BCUT2D eigenvalue weighted by Crippen LogP contribution is 2.12. The summed E-state index contributed by atoms with van der Waals surface area (Å²) in [7, 11) is 0. The average molecular weight is 374 g/mol. The fraction of sp³-hybridized carbons (Fsp3) is 0.850. The molecule has 0 spiro atoms. The number of nitrogens with two attached hydrogens (primary N) is 1. The molecule has 0 aromatic carbocycles. The zero-order chi connectivity index (χ0) is 18.9. The molecule has 0 radical (unpaired) electrons. The zero-order valence-corrected chi connectivity index (χ0v) is 16.8. The molecular formula is C20H39NO3S. The largest absolute Gasteiger partial charge is 0.387 e. The molecule has 1 unspecified atom stereocenters. The first kappa shape index (κ1) is 24.6. The van der Waals surface area contributed by atoms with Crippen LogP contribution in [0, 0.1) is 0 Å². The van der Waals surface area contributed by atoms with Crippen LogP contribution in [-0.2, 0) is 4.79 Å². The Bertz CT molecular complexity index is 350. The Morgan fingerprint density at radius 3 is 1.92 bits per heavy atom. The predicted octanol–water partition coefficient (Wildman–Crippen LogP) is 3.79. The van der Waals surface area contributed by atoms with Crippen molar-refractivity contribution in [2.24, 2.45) is 5.73 Å². The number of hydrogen-bond donors (Lipinski definition) is 4. The molecule has 3 atom stereocenters. The minimum absolute atomic E-state index is 0.0793. The molecule has 0 aromatic rings. The molecule has 4 N–H and O–H groups in total. The molecule has 0 aliphatic carbocycles. The number of carbonyl (C=O) groups is 1. The van der Waals surface area contributed by atoms with Crippen molar-refractivity contribution in [1.29, 1.82) is 0 Å². The van der Waals surface area contributed by atoms with Crippen LogP contribution in [0.25, 0.3) is 0 Å². The summed E-state index contributed by atoms with van der Waals surface area (Å²) in [4.78, 5) is 11.3. The van der Waals surface area contributed by atoms with E-state index in [2.05, 4.69) is 19.6 Å². The summed E-state index contributed by atoms with van der Waals surface area (Å²) in [6.45, 7) is 2.25. The van der Waals surface area contributed by atoms with Crippen LogP contribution >= 0.6 is 12.6 Å². The van der Waals surface area contributed by atoms with Crippen LogP contribution < -0.4 is 5.73 Å². The van der Waals surface area contributed by atoms with Gasteiger partial charge in [-0.2, -0.15) is 12.6 Å². The van der Waals surface area contributed by atoms with E-state index in [-0.39, 0.29) is 5.75 Å². The number of unbranched alkanes of at least 4 members (excludes halogenated alkanes) is 11. The summed E-state index contributed by atoms with van der Waals surface area (Å²) in [6, 6.07) is -0.992. The van der Waals surface area contributed by atoms with E-state index in [1.54, 1.807) is 6.08 Å². The topological polar surface area (TPSA) is 83.6 Å². The second kappa shape index (κ2) is 17.1. The lowest BCUT2D eigenvalue weighted by atomic mass is 10.0. The summed E-state index contributed by atoms with van der Waals surface area (Å²) in [5.41, 5.74) is 5.68. The minimum Gasteiger partial charge on any atom is -0.387 e. The summed E-state index contributed by atoms with van der Waals surface area (Å²) >= 11 is 3.81. The van der Waals surface area contributed by atoms with Crippen molar-refractivity contribution < 1.29 is 15.0 Å². The predicted molar refractivity (Wildman–Crippen MR) is 109 cm³/mol. The lowest BCUT2D eigenvalue weighted by Gasteiger charge is -2.20. The van der Waals surface area contributed by atoms with Gasteiger partial charge < -0.3 is 15.9 Å². The fourth-order valence-electron chi connectivity index (χ4n) is 2.79. The maximum Gasteiger partial charge on any atom is 0.172 e. The molecule has 0 heterocycles. The number of rotatable bonds is 17. The molecule has 148 valence electrons. The molecular weight excluding hydrogens is 334 g/mol. The van der Waals surface area contributed by atoms with Crippen LogP contribution in [0.3, 0.4) is 0 Å². The molecule has 5 heteroatoms. The Morgan fingerprint density at radius 2 is 1.44 bits per heavy atom. The Hall–Kier alpha value is -0.360. The molecule has 0 aromatic heterocycles. The number of Topliss-reactive ketones (excluding diaryl/α,β-unsaturated/α-hetero) is 1. The van der Waals surface area contributed by atoms with Gasteiger partial charge in [-0.3, -0.25) is 4.79 Å². The molecule has 0 amide bonds. The van der Waals surface area contributed by atoms with Crippen molar-refractivity contribution in [2.75, 3.05) is 5.75 Å². The first-order valence-corrected chi connectivity index (χ1v) is 10.6. The number of aliphatic hydroxyl groups excluding tert-OH is 2. The van der Waals surface area contributed by atoms with E-state index in [1.165, 1.54) is 64.2 Å². The Labute approximate surface area is 159 Å². The third kappa shape index (κ3) is 13.5. The quantitative estimate of drug-likeness (QED) is 0.178.